The third-order valence-electron chi connectivity index (χ3n) is 3.82. The van der Waals surface area contributed by atoms with E-state index in [9.17, 15) is 0 Å². The number of nitrogens with zero attached hydrogens (tertiary/aromatic N) is 4. The van der Waals surface area contributed by atoms with Gasteiger partial charge in [0.05, 0.1) is 6.04 Å². The van der Waals surface area contributed by atoms with Crippen molar-refractivity contribution in [2.75, 3.05) is 26.2 Å². The third-order valence-corrected chi connectivity index (χ3v) is 3.82. The van der Waals surface area contributed by atoms with Gasteiger partial charge in [0.1, 0.15) is 0 Å². The maximum Gasteiger partial charge on any atom is 0.156 e. The van der Waals surface area contributed by atoms with E-state index >= 15 is 0 Å². The maximum atomic E-state index is 8.83. The lowest BCUT2D eigenvalue weighted by atomic mass is 10.1. The van der Waals surface area contributed by atoms with Gasteiger partial charge in [0.15, 0.2) is 5.84 Å². The molecule has 2 rings (SSSR count). The van der Waals surface area contributed by atoms with Crippen LogP contribution in [0.2, 0.25) is 0 Å². The fourth-order valence-corrected chi connectivity index (χ4v) is 2.70. The van der Waals surface area contributed by atoms with Crippen molar-refractivity contribution in [2.24, 2.45) is 10.9 Å². The van der Waals surface area contributed by atoms with Gasteiger partial charge in [-0.05, 0) is 18.1 Å². The molecule has 6 nitrogen and oxygen atoms in total. The SMILES string of the molecule is CCC(C(N)=NO)N1CCN(Cc2cccnc2)CC1. The lowest BCUT2D eigenvalue weighted by Crippen LogP contribution is -2.53. The molecule has 1 unspecified atom stereocenters. The van der Waals surface area contributed by atoms with E-state index in [4.69, 9.17) is 10.9 Å². The van der Waals surface area contributed by atoms with Gasteiger partial charge >= 0.3 is 0 Å². The molecule has 1 fully saturated rings. The Morgan fingerprint density at radius 1 is 1.45 bits per heavy atom. The van der Waals surface area contributed by atoms with Gasteiger partial charge in [0, 0.05) is 45.1 Å². The summed E-state index contributed by atoms with van der Waals surface area (Å²) in [5.41, 5.74) is 6.99. The number of piperazine rings is 1. The molecule has 3 N–H and O–H groups in total. The van der Waals surface area contributed by atoms with Crippen LogP contribution in [-0.4, -0.2) is 58.0 Å². The number of hydrogen-bond acceptors (Lipinski definition) is 5. The predicted molar refractivity (Wildman–Crippen MR) is 78.6 cm³/mol. The fourth-order valence-electron chi connectivity index (χ4n) is 2.70. The summed E-state index contributed by atoms with van der Waals surface area (Å²) in [6.45, 7) is 6.85. The van der Waals surface area contributed by atoms with Crippen LogP contribution in [0, 0.1) is 0 Å². The first-order valence-electron chi connectivity index (χ1n) is 7.07. The second kappa shape index (κ2) is 7.21. The number of nitrogens with two attached hydrogens (primary N) is 1. The number of hydrogen-bond donors (Lipinski definition) is 2. The second-order valence-electron chi connectivity index (χ2n) is 5.12. The molecule has 0 bridgehead atoms. The van der Waals surface area contributed by atoms with Gasteiger partial charge in [-0.2, -0.15) is 0 Å². The molecule has 1 aromatic heterocycles. The lowest BCUT2D eigenvalue weighted by molar-refractivity contribution is 0.109. The van der Waals surface area contributed by atoms with Crippen LogP contribution in [0.15, 0.2) is 29.7 Å². The van der Waals surface area contributed by atoms with E-state index in [0.717, 1.165) is 39.1 Å². The molecule has 20 heavy (non-hydrogen) atoms. The van der Waals surface area contributed by atoms with Gasteiger partial charge in [0.2, 0.25) is 0 Å². The highest BCUT2D eigenvalue weighted by molar-refractivity contribution is 5.85. The second-order valence-corrected chi connectivity index (χ2v) is 5.12. The van der Waals surface area contributed by atoms with E-state index in [0.29, 0.717) is 5.84 Å². The first-order chi connectivity index (χ1) is 9.74. The van der Waals surface area contributed by atoms with E-state index in [1.807, 2.05) is 12.3 Å². The molecule has 110 valence electrons. The highest BCUT2D eigenvalue weighted by Crippen LogP contribution is 2.12. The molecule has 1 atom stereocenters. The average Bonchev–Trinajstić information content (AvgIpc) is 2.50. The van der Waals surface area contributed by atoms with E-state index < -0.39 is 0 Å². The molecule has 2 heterocycles. The standard InChI is InChI=1S/C14H23N5O/c1-2-13(14(15)17-20)19-8-6-18(7-9-19)11-12-4-3-5-16-10-12/h3-5,10,13,20H,2,6-9,11H2,1H3,(H2,15,17). The topological polar surface area (TPSA) is 78.0 Å². The molecule has 0 aliphatic carbocycles. The minimum atomic E-state index is 0.0422. The summed E-state index contributed by atoms with van der Waals surface area (Å²) in [4.78, 5) is 8.84. The van der Waals surface area contributed by atoms with E-state index in [2.05, 4.69) is 32.9 Å². The van der Waals surface area contributed by atoms with Gasteiger partial charge in [-0.15, -0.1) is 0 Å². The van der Waals surface area contributed by atoms with Crippen LogP contribution < -0.4 is 5.73 Å². The Kier molecular flexibility index (Phi) is 5.31. The van der Waals surface area contributed by atoms with Crippen LogP contribution in [0.1, 0.15) is 18.9 Å². The van der Waals surface area contributed by atoms with E-state index in [1.54, 1.807) is 6.20 Å². The van der Waals surface area contributed by atoms with Crippen LogP contribution in [0.5, 0.6) is 0 Å². The molecule has 6 heteroatoms. The number of pyridine rings is 1. The minimum Gasteiger partial charge on any atom is -0.409 e. The molecule has 1 saturated heterocycles. The summed E-state index contributed by atoms with van der Waals surface area (Å²) in [5.74, 6) is 0.313. The third kappa shape index (κ3) is 3.68. The Bertz CT molecular complexity index is 428. The van der Waals surface area contributed by atoms with Gasteiger partial charge < -0.3 is 10.9 Å². The number of aromatic nitrogens is 1. The number of rotatable bonds is 5. The summed E-state index contributed by atoms with van der Waals surface area (Å²) < 4.78 is 0. The molecule has 1 aliphatic heterocycles. The monoisotopic (exact) mass is 277 g/mol. The highest BCUT2D eigenvalue weighted by Gasteiger charge is 2.25. The number of amidine groups is 1. The Labute approximate surface area is 119 Å². The minimum absolute atomic E-state index is 0.0422. The van der Waals surface area contributed by atoms with Crippen molar-refractivity contribution < 1.29 is 5.21 Å². The largest absolute Gasteiger partial charge is 0.409 e. The van der Waals surface area contributed by atoms with Crippen molar-refractivity contribution >= 4 is 5.84 Å². The molecular formula is C14H23N5O. The predicted octanol–water partition coefficient (Wildman–Crippen LogP) is 0.724. The normalized spacial score (nSPS) is 19.9. The highest BCUT2D eigenvalue weighted by atomic mass is 16.4. The first kappa shape index (κ1) is 14.7. The zero-order chi connectivity index (χ0) is 14.4. The van der Waals surface area contributed by atoms with Crippen molar-refractivity contribution in [3.8, 4) is 0 Å². The lowest BCUT2D eigenvalue weighted by Gasteiger charge is -2.38. The smallest absolute Gasteiger partial charge is 0.156 e. The molecule has 0 saturated carbocycles. The molecule has 0 spiro atoms. The Hall–Kier alpha value is -1.66. The van der Waals surface area contributed by atoms with Crippen molar-refractivity contribution in [3.63, 3.8) is 0 Å². The molecule has 1 aromatic rings. The van der Waals surface area contributed by atoms with Crippen molar-refractivity contribution in [2.45, 2.75) is 25.9 Å². The van der Waals surface area contributed by atoms with Gasteiger partial charge in [-0.1, -0.05) is 18.1 Å². The number of oxime groups is 1. The van der Waals surface area contributed by atoms with Gasteiger partial charge in [0.25, 0.3) is 0 Å². The van der Waals surface area contributed by atoms with Crippen molar-refractivity contribution in [1.29, 1.82) is 0 Å². The van der Waals surface area contributed by atoms with Crippen LogP contribution in [0.25, 0.3) is 0 Å². The summed E-state index contributed by atoms with van der Waals surface area (Å²) >= 11 is 0. The summed E-state index contributed by atoms with van der Waals surface area (Å²) in [5, 5.41) is 12.0. The van der Waals surface area contributed by atoms with Crippen LogP contribution >= 0.6 is 0 Å². The van der Waals surface area contributed by atoms with Crippen LogP contribution in [-0.2, 0) is 6.54 Å². The van der Waals surface area contributed by atoms with E-state index in [1.165, 1.54) is 5.56 Å². The van der Waals surface area contributed by atoms with E-state index in [-0.39, 0.29) is 6.04 Å². The average molecular weight is 277 g/mol. The molecule has 1 aliphatic rings. The Morgan fingerprint density at radius 2 is 2.20 bits per heavy atom. The Morgan fingerprint density at radius 3 is 2.75 bits per heavy atom. The zero-order valence-corrected chi connectivity index (χ0v) is 11.9. The quantitative estimate of drug-likeness (QED) is 0.359. The fraction of sp³-hybridized carbons (Fsp3) is 0.571. The van der Waals surface area contributed by atoms with Crippen LogP contribution in [0.3, 0.4) is 0 Å². The summed E-state index contributed by atoms with van der Waals surface area (Å²) in [6, 6.07) is 4.11. The maximum absolute atomic E-state index is 8.83. The molecule has 0 radical (unpaired) electrons. The van der Waals surface area contributed by atoms with Crippen molar-refractivity contribution in [1.82, 2.24) is 14.8 Å². The van der Waals surface area contributed by atoms with Crippen molar-refractivity contribution in [3.05, 3.63) is 30.1 Å². The molecule has 0 amide bonds. The first-order valence-corrected chi connectivity index (χ1v) is 7.07. The molecular weight excluding hydrogens is 254 g/mol. The zero-order valence-electron chi connectivity index (χ0n) is 11.9. The van der Waals surface area contributed by atoms with Gasteiger partial charge in [-0.25, -0.2) is 0 Å². The van der Waals surface area contributed by atoms with Crippen LogP contribution in [0.4, 0.5) is 0 Å². The Balaban J connectivity index is 1.86. The summed E-state index contributed by atoms with van der Waals surface area (Å²) in [7, 11) is 0. The molecule has 0 aromatic carbocycles. The summed E-state index contributed by atoms with van der Waals surface area (Å²) in [6.07, 6.45) is 4.57. The van der Waals surface area contributed by atoms with Gasteiger partial charge in [-0.3, -0.25) is 14.8 Å².